The van der Waals surface area contributed by atoms with Gasteiger partial charge in [0.2, 0.25) is 0 Å². The first-order valence-electron chi connectivity index (χ1n) is 6.74. The summed E-state index contributed by atoms with van der Waals surface area (Å²) >= 11 is 1.54. The van der Waals surface area contributed by atoms with Crippen molar-refractivity contribution in [3.05, 3.63) is 6.07 Å². The summed E-state index contributed by atoms with van der Waals surface area (Å²) in [6, 6.07) is 1.93. The molecule has 0 unspecified atom stereocenters. The number of hydrogen-bond donors (Lipinski definition) is 3. The molecule has 0 spiro atoms. The lowest BCUT2D eigenvalue weighted by Crippen LogP contribution is -2.23. The van der Waals surface area contributed by atoms with Crippen molar-refractivity contribution >= 4 is 23.4 Å². The van der Waals surface area contributed by atoms with Crippen LogP contribution in [0.3, 0.4) is 0 Å². The maximum Gasteiger partial charge on any atom is 0.191 e. The van der Waals surface area contributed by atoms with Crippen LogP contribution in [0, 0.1) is 5.92 Å². The Morgan fingerprint density at radius 2 is 1.95 bits per heavy atom. The Bertz CT molecular complexity index is 385. The molecule has 3 N–H and O–H groups in total. The van der Waals surface area contributed by atoms with Gasteiger partial charge in [0.05, 0.1) is 6.10 Å². The van der Waals surface area contributed by atoms with E-state index >= 15 is 0 Å². The van der Waals surface area contributed by atoms with Gasteiger partial charge in [-0.2, -0.15) is 0 Å². The van der Waals surface area contributed by atoms with Gasteiger partial charge >= 0.3 is 0 Å². The number of nitrogens with one attached hydrogen (secondary N) is 2. The zero-order valence-corrected chi connectivity index (χ0v) is 12.3. The number of thioether (sulfide) groups is 1. The van der Waals surface area contributed by atoms with Crippen LogP contribution in [0.4, 0.5) is 11.6 Å². The second-order valence-corrected chi connectivity index (χ2v) is 5.70. The van der Waals surface area contributed by atoms with E-state index in [2.05, 4.69) is 20.6 Å². The number of aromatic nitrogens is 2. The normalized spacial score (nSPS) is 23.1. The quantitative estimate of drug-likeness (QED) is 0.568. The van der Waals surface area contributed by atoms with Gasteiger partial charge in [0.1, 0.15) is 11.6 Å². The monoisotopic (exact) mass is 282 g/mol. The fourth-order valence-electron chi connectivity index (χ4n) is 2.33. The fraction of sp³-hybridized carbons (Fsp3) is 0.692. The summed E-state index contributed by atoms with van der Waals surface area (Å²) in [5.74, 6) is 2.34. The standard InChI is InChI=1S/C13H22N4OS/c1-14-11-7-12(17-13(16-11)19-2)15-8-9-3-5-10(18)6-4-9/h7,9-10,18H,3-6,8H2,1-2H3,(H2,14,15,16,17). The van der Waals surface area contributed by atoms with E-state index in [0.717, 1.165) is 49.0 Å². The zero-order valence-electron chi connectivity index (χ0n) is 11.5. The van der Waals surface area contributed by atoms with Gasteiger partial charge in [0.15, 0.2) is 5.16 Å². The highest BCUT2D eigenvalue weighted by molar-refractivity contribution is 7.98. The van der Waals surface area contributed by atoms with Gasteiger partial charge < -0.3 is 15.7 Å². The van der Waals surface area contributed by atoms with Crippen LogP contribution in [0.2, 0.25) is 0 Å². The van der Waals surface area contributed by atoms with E-state index < -0.39 is 0 Å². The minimum absolute atomic E-state index is 0.0886. The summed E-state index contributed by atoms with van der Waals surface area (Å²) in [5, 5.41) is 16.7. The molecule has 0 aliphatic heterocycles. The molecule has 0 aromatic carbocycles. The van der Waals surface area contributed by atoms with Crippen molar-refractivity contribution in [2.75, 3.05) is 30.5 Å². The molecule has 1 aliphatic carbocycles. The first-order chi connectivity index (χ1) is 9.21. The summed E-state index contributed by atoms with van der Waals surface area (Å²) in [6.45, 7) is 0.917. The van der Waals surface area contributed by atoms with Crippen molar-refractivity contribution in [3.8, 4) is 0 Å². The molecule has 19 heavy (non-hydrogen) atoms. The van der Waals surface area contributed by atoms with Crippen molar-refractivity contribution in [2.24, 2.45) is 5.92 Å². The first-order valence-corrected chi connectivity index (χ1v) is 7.96. The Morgan fingerprint density at radius 3 is 2.58 bits per heavy atom. The molecule has 0 bridgehead atoms. The molecule has 1 heterocycles. The maximum atomic E-state index is 9.50. The molecular formula is C13H22N4OS. The summed E-state index contributed by atoms with van der Waals surface area (Å²) in [5.41, 5.74) is 0. The average Bonchev–Trinajstić information content (AvgIpc) is 2.46. The van der Waals surface area contributed by atoms with Crippen LogP contribution in [0.25, 0.3) is 0 Å². The highest BCUT2D eigenvalue weighted by Crippen LogP contribution is 2.25. The lowest BCUT2D eigenvalue weighted by atomic mass is 9.87. The molecular weight excluding hydrogens is 260 g/mol. The molecule has 0 radical (unpaired) electrons. The third kappa shape index (κ3) is 4.24. The molecule has 0 atom stereocenters. The van der Waals surface area contributed by atoms with Crippen molar-refractivity contribution in [3.63, 3.8) is 0 Å². The second-order valence-electron chi connectivity index (χ2n) is 4.93. The molecule has 0 amide bonds. The topological polar surface area (TPSA) is 70.1 Å². The SMILES string of the molecule is CNc1cc(NCC2CCC(O)CC2)nc(SC)n1. The Kier molecular flexibility index (Phi) is 5.27. The lowest BCUT2D eigenvalue weighted by Gasteiger charge is -2.25. The summed E-state index contributed by atoms with van der Waals surface area (Å²) in [7, 11) is 1.86. The first kappa shape index (κ1) is 14.4. The zero-order chi connectivity index (χ0) is 13.7. The number of nitrogens with zero attached hydrogens (tertiary/aromatic N) is 2. The van der Waals surface area contributed by atoms with Gasteiger partial charge in [0.25, 0.3) is 0 Å². The summed E-state index contributed by atoms with van der Waals surface area (Å²) in [6.07, 6.45) is 5.92. The van der Waals surface area contributed by atoms with Gasteiger partial charge in [-0.05, 0) is 37.9 Å². The molecule has 6 heteroatoms. The van der Waals surface area contributed by atoms with Crippen LogP contribution < -0.4 is 10.6 Å². The number of hydrogen-bond acceptors (Lipinski definition) is 6. The molecule has 1 aromatic rings. The Labute approximate surface area is 118 Å². The number of aliphatic hydroxyl groups is 1. The predicted molar refractivity (Wildman–Crippen MR) is 79.8 cm³/mol. The minimum atomic E-state index is -0.0886. The van der Waals surface area contributed by atoms with Gasteiger partial charge in [-0.1, -0.05) is 11.8 Å². The van der Waals surface area contributed by atoms with E-state index in [1.807, 2.05) is 19.4 Å². The van der Waals surface area contributed by atoms with Gasteiger partial charge in [-0.3, -0.25) is 0 Å². The van der Waals surface area contributed by atoms with E-state index in [4.69, 9.17) is 0 Å². The summed E-state index contributed by atoms with van der Waals surface area (Å²) in [4.78, 5) is 8.79. The Balaban J connectivity index is 1.91. The van der Waals surface area contributed by atoms with Crippen LogP contribution in [0.1, 0.15) is 25.7 Å². The molecule has 1 aliphatic rings. The van der Waals surface area contributed by atoms with Crippen molar-refractivity contribution < 1.29 is 5.11 Å². The van der Waals surface area contributed by atoms with Crippen LogP contribution >= 0.6 is 11.8 Å². The average molecular weight is 282 g/mol. The van der Waals surface area contributed by atoms with Crippen molar-refractivity contribution in [1.29, 1.82) is 0 Å². The lowest BCUT2D eigenvalue weighted by molar-refractivity contribution is 0.111. The third-order valence-corrected chi connectivity index (χ3v) is 4.08. The van der Waals surface area contributed by atoms with Crippen LogP contribution in [0.5, 0.6) is 0 Å². The van der Waals surface area contributed by atoms with Gasteiger partial charge in [-0.15, -0.1) is 0 Å². The highest BCUT2D eigenvalue weighted by Gasteiger charge is 2.19. The molecule has 0 saturated heterocycles. The smallest absolute Gasteiger partial charge is 0.191 e. The second kappa shape index (κ2) is 6.96. The van der Waals surface area contributed by atoms with E-state index in [1.54, 1.807) is 0 Å². The Hall–Kier alpha value is -1.01. The minimum Gasteiger partial charge on any atom is -0.393 e. The van der Waals surface area contributed by atoms with E-state index in [9.17, 15) is 5.11 Å². The molecule has 106 valence electrons. The summed E-state index contributed by atoms with van der Waals surface area (Å²) < 4.78 is 0. The van der Waals surface area contributed by atoms with Gasteiger partial charge in [0, 0.05) is 19.7 Å². The van der Waals surface area contributed by atoms with Gasteiger partial charge in [-0.25, -0.2) is 9.97 Å². The fourth-order valence-corrected chi connectivity index (χ4v) is 2.71. The largest absolute Gasteiger partial charge is 0.393 e. The van der Waals surface area contributed by atoms with E-state index in [-0.39, 0.29) is 6.10 Å². The van der Waals surface area contributed by atoms with E-state index in [0.29, 0.717) is 5.92 Å². The maximum absolute atomic E-state index is 9.50. The molecule has 1 saturated carbocycles. The molecule has 5 nitrogen and oxygen atoms in total. The van der Waals surface area contributed by atoms with Crippen molar-refractivity contribution in [1.82, 2.24) is 9.97 Å². The molecule has 1 aromatic heterocycles. The number of aliphatic hydroxyl groups excluding tert-OH is 1. The number of rotatable bonds is 5. The van der Waals surface area contributed by atoms with Crippen molar-refractivity contribution in [2.45, 2.75) is 36.9 Å². The third-order valence-electron chi connectivity index (χ3n) is 3.53. The predicted octanol–water partition coefficient (Wildman–Crippen LogP) is 2.20. The van der Waals surface area contributed by atoms with Crippen LogP contribution in [-0.4, -0.2) is 41.0 Å². The number of anilines is 2. The molecule has 1 fully saturated rings. The molecule has 2 rings (SSSR count). The van der Waals surface area contributed by atoms with Crippen LogP contribution in [-0.2, 0) is 0 Å². The highest BCUT2D eigenvalue weighted by atomic mass is 32.2. The van der Waals surface area contributed by atoms with E-state index in [1.165, 1.54) is 11.8 Å². The van der Waals surface area contributed by atoms with Crippen LogP contribution in [0.15, 0.2) is 11.2 Å². The Morgan fingerprint density at radius 1 is 1.26 bits per heavy atom.